The van der Waals surface area contributed by atoms with Crippen LogP contribution in [0.3, 0.4) is 0 Å². The highest BCUT2D eigenvalue weighted by Gasteiger charge is 2.27. The van der Waals surface area contributed by atoms with E-state index in [4.69, 9.17) is 23.2 Å². The van der Waals surface area contributed by atoms with E-state index in [2.05, 4.69) is 5.32 Å². The summed E-state index contributed by atoms with van der Waals surface area (Å²) in [5.74, 6) is 1.12. The molecule has 0 radical (unpaired) electrons. The summed E-state index contributed by atoms with van der Waals surface area (Å²) >= 11 is 13.5. The van der Waals surface area contributed by atoms with Crippen molar-refractivity contribution in [2.45, 2.75) is 24.5 Å². The quantitative estimate of drug-likeness (QED) is 0.329. The monoisotopic (exact) mass is 536 g/mol. The van der Waals surface area contributed by atoms with Crippen LogP contribution in [-0.2, 0) is 20.6 Å². The van der Waals surface area contributed by atoms with Gasteiger partial charge in [0.2, 0.25) is 5.91 Å². The number of benzene rings is 3. The Labute approximate surface area is 215 Å². The fraction of sp³-hybridized carbons (Fsp3) is 0.240. The van der Waals surface area contributed by atoms with Gasteiger partial charge in [0.05, 0.1) is 10.6 Å². The largest absolute Gasteiger partial charge is 0.354 e. The SMILES string of the molecule is Cc1ccc(N(CC(=O)NCCSCc2ccc(Cl)cc2)S(=O)(=O)c2ccc(Cl)cc2)cc1C. The molecular weight excluding hydrogens is 511 g/mol. The van der Waals surface area contributed by atoms with Gasteiger partial charge in [0.1, 0.15) is 6.54 Å². The van der Waals surface area contributed by atoms with E-state index in [1.165, 1.54) is 24.3 Å². The Morgan fingerprint density at radius 3 is 2.15 bits per heavy atom. The van der Waals surface area contributed by atoms with Crippen molar-refractivity contribution in [3.63, 3.8) is 0 Å². The lowest BCUT2D eigenvalue weighted by Crippen LogP contribution is -2.41. The summed E-state index contributed by atoms with van der Waals surface area (Å²) in [6.45, 7) is 3.96. The predicted octanol–water partition coefficient (Wildman–Crippen LogP) is 5.86. The van der Waals surface area contributed by atoms with Gasteiger partial charge >= 0.3 is 0 Å². The molecule has 180 valence electrons. The predicted molar refractivity (Wildman–Crippen MR) is 143 cm³/mol. The van der Waals surface area contributed by atoms with Crippen molar-refractivity contribution in [2.24, 2.45) is 0 Å². The first-order valence-corrected chi connectivity index (χ1v) is 14.0. The fourth-order valence-corrected chi connectivity index (χ4v) is 5.63. The van der Waals surface area contributed by atoms with Gasteiger partial charge in [-0.1, -0.05) is 41.4 Å². The van der Waals surface area contributed by atoms with Crippen LogP contribution in [0.2, 0.25) is 10.0 Å². The van der Waals surface area contributed by atoms with Crippen LogP contribution in [-0.4, -0.2) is 33.2 Å². The van der Waals surface area contributed by atoms with Gasteiger partial charge in [-0.3, -0.25) is 9.10 Å². The average Bonchev–Trinajstić information content (AvgIpc) is 2.80. The molecule has 0 aliphatic rings. The summed E-state index contributed by atoms with van der Waals surface area (Å²) in [6.07, 6.45) is 0. The third-order valence-corrected chi connectivity index (χ3v) is 8.54. The number of hydrogen-bond acceptors (Lipinski definition) is 4. The molecule has 0 aliphatic heterocycles. The Morgan fingerprint density at radius 2 is 1.53 bits per heavy atom. The molecule has 0 saturated carbocycles. The molecule has 5 nitrogen and oxygen atoms in total. The standard InChI is InChI=1S/C25H26Cl2N2O3S2/c1-18-3-10-23(15-19(18)2)29(34(31,32)24-11-8-22(27)9-12-24)16-25(30)28-13-14-33-17-20-4-6-21(26)7-5-20/h3-12,15H,13-14,16-17H2,1-2H3,(H,28,30). The molecule has 0 saturated heterocycles. The maximum Gasteiger partial charge on any atom is 0.264 e. The summed E-state index contributed by atoms with van der Waals surface area (Å²) in [6, 6.07) is 18.9. The average molecular weight is 538 g/mol. The van der Waals surface area contributed by atoms with Gasteiger partial charge < -0.3 is 5.32 Å². The molecule has 0 unspecified atom stereocenters. The van der Waals surface area contributed by atoms with Crippen molar-refractivity contribution in [3.05, 3.63) is 93.5 Å². The lowest BCUT2D eigenvalue weighted by Gasteiger charge is -2.25. The van der Waals surface area contributed by atoms with E-state index in [1.54, 1.807) is 23.9 Å². The van der Waals surface area contributed by atoms with Crippen molar-refractivity contribution in [1.82, 2.24) is 5.32 Å². The number of hydrogen-bond donors (Lipinski definition) is 1. The highest BCUT2D eigenvalue weighted by Crippen LogP contribution is 2.26. The normalized spacial score (nSPS) is 11.3. The number of amides is 1. The van der Waals surface area contributed by atoms with E-state index in [-0.39, 0.29) is 17.3 Å². The van der Waals surface area contributed by atoms with Crippen LogP contribution in [0.15, 0.2) is 71.6 Å². The number of aryl methyl sites for hydroxylation is 2. The Kier molecular flexibility index (Phi) is 9.31. The first-order valence-electron chi connectivity index (χ1n) is 10.6. The molecule has 0 aromatic heterocycles. The summed E-state index contributed by atoms with van der Waals surface area (Å²) in [5, 5.41) is 3.96. The van der Waals surface area contributed by atoms with Crippen molar-refractivity contribution in [2.75, 3.05) is 23.1 Å². The molecule has 0 spiro atoms. The second kappa shape index (κ2) is 12.0. The lowest BCUT2D eigenvalue weighted by atomic mass is 10.1. The molecule has 1 amide bonds. The van der Waals surface area contributed by atoms with Crippen LogP contribution in [0.5, 0.6) is 0 Å². The lowest BCUT2D eigenvalue weighted by molar-refractivity contribution is -0.119. The Hall–Kier alpha value is -2.19. The van der Waals surface area contributed by atoms with Gasteiger partial charge in [-0.25, -0.2) is 8.42 Å². The minimum absolute atomic E-state index is 0.0708. The highest BCUT2D eigenvalue weighted by atomic mass is 35.5. The zero-order chi connectivity index (χ0) is 24.7. The van der Waals surface area contributed by atoms with Crippen LogP contribution in [0.25, 0.3) is 0 Å². The summed E-state index contributed by atoms with van der Waals surface area (Å²) in [5.41, 5.74) is 3.56. The van der Waals surface area contributed by atoms with Gasteiger partial charge in [-0.05, 0) is 79.1 Å². The summed E-state index contributed by atoms with van der Waals surface area (Å²) in [7, 11) is -3.97. The third kappa shape index (κ3) is 7.15. The van der Waals surface area contributed by atoms with E-state index >= 15 is 0 Å². The maximum absolute atomic E-state index is 13.4. The van der Waals surface area contributed by atoms with Gasteiger partial charge in [-0.2, -0.15) is 11.8 Å². The van der Waals surface area contributed by atoms with Crippen LogP contribution in [0.4, 0.5) is 5.69 Å². The van der Waals surface area contributed by atoms with Crippen molar-refractivity contribution >= 4 is 56.6 Å². The van der Waals surface area contributed by atoms with Gasteiger partial charge in [-0.15, -0.1) is 0 Å². The van der Waals surface area contributed by atoms with Crippen LogP contribution < -0.4 is 9.62 Å². The van der Waals surface area contributed by atoms with E-state index in [9.17, 15) is 13.2 Å². The number of nitrogens with one attached hydrogen (secondary N) is 1. The smallest absolute Gasteiger partial charge is 0.264 e. The number of anilines is 1. The number of thioether (sulfide) groups is 1. The molecular formula is C25H26Cl2N2O3S2. The van der Waals surface area contributed by atoms with Crippen molar-refractivity contribution in [1.29, 1.82) is 0 Å². The fourth-order valence-electron chi connectivity index (χ4n) is 3.15. The molecule has 0 bridgehead atoms. The summed E-state index contributed by atoms with van der Waals surface area (Å²) < 4.78 is 28.0. The van der Waals surface area contributed by atoms with E-state index in [0.29, 0.717) is 28.0 Å². The van der Waals surface area contributed by atoms with E-state index in [0.717, 1.165) is 26.7 Å². The number of halogens is 2. The molecule has 34 heavy (non-hydrogen) atoms. The van der Waals surface area contributed by atoms with Crippen molar-refractivity contribution in [3.8, 4) is 0 Å². The molecule has 3 aromatic rings. The van der Waals surface area contributed by atoms with Crippen molar-refractivity contribution < 1.29 is 13.2 Å². The molecule has 3 rings (SSSR count). The molecule has 0 aliphatic carbocycles. The van der Waals surface area contributed by atoms with Crippen LogP contribution in [0.1, 0.15) is 16.7 Å². The molecule has 0 fully saturated rings. The van der Waals surface area contributed by atoms with Gasteiger partial charge in [0.15, 0.2) is 0 Å². The number of carbonyl (C=O) groups is 1. The van der Waals surface area contributed by atoms with E-state index in [1.807, 2.05) is 44.2 Å². The van der Waals surface area contributed by atoms with Crippen LogP contribution in [0, 0.1) is 13.8 Å². The minimum Gasteiger partial charge on any atom is -0.354 e. The number of sulfonamides is 1. The molecule has 0 heterocycles. The molecule has 0 atom stereocenters. The Morgan fingerprint density at radius 1 is 0.912 bits per heavy atom. The Bertz CT molecular complexity index is 1230. The summed E-state index contributed by atoms with van der Waals surface area (Å²) in [4.78, 5) is 12.8. The zero-order valence-corrected chi connectivity index (χ0v) is 22.1. The first kappa shape index (κ1) is 26.4. The molecule has 3 aromatic carbocycles. The topological polar surface area (TPSA) is 66.5 Å². The number of rotatable bonds is 10. The minimum atomic E-state index is -3.97. The second-order valence-electron chi connectivity index (χ2n) is 7.76. The first-order chi connectivity index (χ1) is 16.2. The number of carbonyl (C=O) groups excluding carboxylic acids is 1. The highest BCUT2D eigenvalue weighted by molar-refractivity contribution is 7.98. The Balaban J connectivity index is 1.67. The van der Waals surface area contributed by atoms with Gasteiger partial charge in [0.25, 0.3) is 10.0 Å². The molecule has 9 heteroatoms. The van der Waals surface area contributed by atoms with E-state index < -0.39 is 10.0 Å². The maximum atomic E-state index is 13.4. The number of nitrogens with zero attached hydrogens (tertiary/aromatic N) is 1. The zero-order valence-electron chi connectivity index (χ0n) is 18.9. The third-order valence-electron chi connectivity index (χ3n) is 5.22. The second-order valence-corrected chi connectivity index (χ2v) is 11.6. The van der Waals surface area contributed by atoms with Gasteiger partial charge in [0, 0.05) is 28.1 Å². The molecule has 1 N–H and O–H groups in total. The van der Waals surface area contributed by atoms with Crippen LogP contribution >= 0.6 is 35.0 Å².